The minimum absolute atomic E-state index is 0.0232. The van der Waals surface area contributed by atoms with Crippen LogP contribution in [0.15, 0.2) is 66.0 Å². The van der Waals surface area contributed by atoms with Crippen LogP contribution in [0.5, 0.6) is 5.75 Å². The predicted molar refractivity (Wildman–Crippen MR) is 113 cm³/mol. The highest BCUT2D eigenvalue weighted by molar-refractivity contribution is 5.98. The topological polar surface area (TPSA) is 135 Å². The summed E-state index contributed by atoms with van der Waals surface area (Å²) in [5.74, 6) is -4.11. The van der Waals surface area contributed by atoms with Crippen molar-refractivity contribution < 1.29 is 23.9 Å². The number of ether oxygens (including phenoxy) is 2. The van der Waals surface area contributed by atoms with Crippen LogP contribution in [0.2, 0.25) is 0 Å². The van der Waals surface area contributed by atoms with Gasteiger partial charge in [0.15, 0.2) is 0 Å². The highest BCUT2D eigenvalue weighted by Crippen LogP contribution is 2.39. The van der Waals surface area contributed by atoms with Crippen LogP contribution >= 0.6 is 0 Å². The average molecular weight is 434 g/mol. The number of carbonyl (C=O) groups excluding carboxylic acids is 3. The molecular weight excluding hydrogens is 412 g/mol. The van der Waals surface area contributed by atoms with Gasteiger partial charge >= 0.3 is 5.97 Å². The van der Waals surface area contributed by atoms with Crippen LogP contribution in [-0.2, 0) is 25.5 Å². The maximum absolute atomic E-state index is 13.1. The number of methoxy groups -OCH3 is 2. The van der Waals surface area contributed by atoms with Gasteiger partial charge < -0.3 is 15.2 Å². The summed E-state index contributed by atoms with van der Waals surface area (Å²) in [5.41, 5.74) is 9.71. The minimum Gasteiger partial charge on any atom is -0.497 e. The number of esters is 1. The van der Waals surface area contributed by atoms with Gasteiger partial charge in [-0.2, -0.15) is 5.26 Å². The zero-order valence-corrected chi connectivity index (χ0v) is 17.6. The zero-order chi connectivity index (χ0) is 23.3. The van der Waals surface area contributed by atoms with Crippen molar-refractivity contribution in [3.63, 3.8) is 0 Å². The molecule has 2 unspecified atom stereocenters. The van der Waals surface area contributed by atoms with Crippen molar-refractivity contribution in [1.29, 1.82) is 5.26 Å². The van der Waals surface area contributed by atoms with Crippen LogP contribution in [-0.4, -0.2) is 37.0 Å². The fourth-order valence-corrected chi connectivity index (χ4v) is 3.55. The number of hydrazine groups is 1. The van der Waals surface area contributed by atoms with Gasteiger partial charge in [0.25, 0.3) is 5.91 Å². The highest BCUT2D eigenvalue weighted by atomic mass is 16.5. The molecule has 2 amide bonds. The van der Waals surface area contributed by atoms with Crippen LogP contribution in [0.4, 0.5) is 0 Å². The summed E-state index contributed by atoms with van der Waals surface area (Å²) in [6.45, 7) is 0. The summed E-state index contributed by atoms with van der Waals surface area (Å²) in [6, 6.07) is 17.4. The predicted octanol–water partition coefficient (Wildman–Crippen LogP) is 1.38. The molecular formula is C23H22N4O5. The first kappa shape index (κ1) is 22.4. The number of carbonyl (C=O) groups is 3. The van der Waals surface area contributed by atoms with E-state index in [4.69, 9.17) is 15.2 Å². The SMILES string of the molecule is COC(=O)C1=C(N)N(NC(=O)Cc2ccccc2)C(=O)C(C#N)C1c1ccc(OC)cc1. The lowest BCUT2D eigenvalue weighted by Crippen LogP contribution is -2.55. The van der Waals surface area contributed by atoms with Crippen LogP contribution in [0.25, 0.3) is 0 Å². The lowest BCUT2D eigenvalue weighted by Gasteiger charge is -2.36. The molecule has 0 spiro atoms. The number of nitrogens with one attached hydrogen (secondary N) is 1. The number of hydrogen-bond acceptors (Lipinski definition) is 7. The summed E-state index contributed by atoms with van der Waals surface area (Å²) in [4.78, 5) is 38.3. The molecule has 0 radical (unpaired) electrons. The number of hydrogen-bond donors (Lipinski definition) is 2. The third-order valence-electron chi connectivity index (χ3n) is 5.11. The second kappa shape index (κ2) is 9.66. The second-order valence-corrected chi connectivity index (χ2v) is 7.02. The largest absolute Gasteiger partial charge is 0.497 e. The Labute approximate surface area is 185 Å². The van der Waals surface area contributed by atoms with Crippen LogP contribution in [0.3, 0.4) is 0 Å². The molecule has 1 heterocycles. The summed E-state index contributed by atoms with van der Waals surface area (Å²) in [5, 5.41) is 10.5. The molecule has 0 saturated carbocycles. The Morgan fingerprint density at radius 1 is 1.12 bits per heavy atom. The lowest BCUT2D eigenvalue weighted by atomic mass is 9.78. The second-order valence-electron chi connectivity index (χ2n) is 7.02. The summed E-state index contributed by atoms with van der Waals surface area (Å²) < 4.78 is 10.0. The average Bonchev–Trinajstić information content (AvgIpc) is 2.81. The van der Waals surface area contributed by atoms with Gasteiger partial charge in [-0.1, -0.05) is 42.5 Å². The molecule has 2 atom stereocenters. The van der Waals surface area contributed by atoms with Crippen molar-refractivity contribution >= 4 is 17.8 Å². The number of nitrogens with zero attached hydrogens (tertiary/aromatic N) is 2. The van der Waals surface area contributed by atoms with Crippen molar-refractivity contribution in [2.75, 3.05) is 14.2 Å². The Morgan fingerprint density at radius 3 is 2.34 bits per heavy atom. The maximum atomic E-state index is 13.1. The Hall–Kier alpha value is -4.32. The molecule has 0 saturated heterocycles. The zero-order valence-electron chi connectivity index (χ0n) is 17.6. The van der Waals surface area contributed by atoms with E-state index in [2.05, 4.69) is 5.43 Å². The minimum atomic E-state index is -1.32. The Bertz CT molecular complexity index is 1090. The Kier molecular flexibility index (Phi) is 6.75. The molecule has 1 aliphatic rings. The van der Waals surface area contributed by atoms with E-state index in [9.17, 15) is 19.6 Å². The fraction of sp³-hybridized carbons (Fsp3) is 0.217. The van der Waals surface area contributed by atoms with Crippen LogP contribution in [0.1, 0.15) is 17.0 Å². The van der Waals surface area contributed by atoms with E-state index in [0.29, 0.717) is 11.3 Å². The third-order valence-corrected chi connectivity index (χ3v) is 5.11. The van der Waals surface area contributed by atoms with Crippen LogP contribution < -0.4 is 15.9 Å². The van der Waals surface area contributed by atoms with Crippen molar-refractivity contribution in [2.45, 2.75) is 12.3 Å². The standard InChI is InChI=1S/C23H22N4O5/c1-31-16-10-8-15(9-11-16)19-17(13-24)22(29)27(21(25)20(19)23(30)32-2)26-18(28)12-14-6-4-3-5-7-14/h3-11,17,19H,12,25H2,1-2H3,(H,26,28). The molecule has 0 aliphatic carbocycles. The molecule has 164 valence electrons. The van der Waals surface area contributed by atoms with Crippen molar-refractivity contribution in [2.24, 2.45) is 11.7 Å². The molecule has 2 aromatic rings. The molecule has 3 N–H and O–H groups in total. The number of nitrogens with two attached hydrogens (primary N) is 1. The normalized spacial score (nSPS) is 18.0. The first-order valence-electron chi connectivity index (χ1n) is 9.70. The van der Waals surface area contributed by atoms with Gasteiger partial charge in [0, 0.05) is 5.92 Å². The molecule has 2 aromatic carbocycles. The first-order valence-corrected chi connectivity index (χ1v) is 9.70. The van der Waals surface area contributed by atoms with E-state index < -0.39 is 29.6 Å². The molecule has 0 fully saturated rings. The van der Waals surface area contributed by atoms with E-state index in [-0.39, 0.29) is 17.8 Å². The maximum Gasteiger partial charge on any atom is 0.338 e. The van der Waals surface area contributed by atoms with E-state index in [1.807, 2.05) is 12.1 Å². The molecule has 1 aliphatic heterocycles. The van der Waals surface area contributed by atoms with Crippen LogP contribution in [0, 0.1) is 17.2 Å². The number of amides is 2. The Morgan fingerprint density at radius 2 is 1.78 bits per heavy atom. The molecule has 0 aromatic heterocycles. The lowest BCUT2D eigenvalue weighted by molar-refractivity contribution is -0.144. The molecule has 3 rings (SSSR count). The van der Waals surface area contributed by atoms with E-state index >= 15 is 0 Å². The number of nitriles is 1. The van der Waals surface area contributed by atoms with Gasteiger partial charge in [-0.15, -0.1) is 0 Å². The summed E-state index contributed by atoms with van der Waals surface area (Å²) in [6.07, 6.45) is -0.0232. The van der Waals surface area contributed by atoms with Crippen molar-refractivity contribution in [3.05, 3.63) is 77.1 Å². The van der Waals surface area contributed by atoms with Crippen molar-refractivity contribution in [3.8, 4) is 11.8 Å². The first-order chi connectivity index (χ1) is 15.4. The van der Waals surface area contributed by atoms with Gasteiger partial charge in [0.2, 0.25) is 5.91 Å². The quantitative estimate of drug-likeness (QED) is 0.656. The molecule has 32 heavy (non-hydrogen) atoms. The van der Waals surface area contributed by atoms with E-state index in [0.717, 1.165) is 10.6 Å². The van der Waals surface area contributed by atoms with E-state index in [1.165, 1.54) is 14.2 Å². The summed E-state index contributed by atoms with van der Waals surface area (Å²) >= 11 is 0. The highest BCUT2D eigenvalue weighted by Gasteiger charge is 2.46. The van der Waals surface area contributed by atoms with Gasteiger partial charge in [-0.05, 0) is 23.3 Å². The molecule has 9 heteroatoms. The number of benzene rings is 2. The summed E-state index contributed by atoms with van der Waals surface area (Å²) in [7, 11) is 2.68. The molecule has 0 bridgehead atoms. The van der Waals surface area contributed by atoms with Gasteiger partial charge in [-0.25, -0.2) is 9.80 Å². The fourth-order valence-electron chi connectivity index (χ4n) is 3.55. The Balaban J connectivity index is 2.00. The molecule has 9 nitrogen and oxygen atoms in total. The van der Waals surface area contributed by atoms with Gasteiger partial charge in [-0.3, -0.25) is 15.0 Å². The van der Waals surface area contributed by atoms with Gasteiger partial charge in [0.05, 0.1) is 32.3 Å². The smallest absolute Gasteiger partial charge is 0.338 e. The monoisotopic (exact) mass is 434 g/mol. The van der Waals surface area contributed by atoms with Crippen molar-refractivity contribution in [1.82, 2.24) is 10.4 Å². The third kappa shape index (κ3) is 4.39. The number of rotatable bonds is 6. The van der Waals surface area contributed by atoms with Gasteiger partial charge in [0.1, 0.15) is 17.5 Å². The van der Waals surface area contributed by atoms with E-state index in [1.54, 1.807) is 48.5 Å².